The van der Waals surface area contributed by atoms with Crippen molar-refractivity contribution in [3.63, 3.8) is 0 Å². The summed E-state index contributed by atoms with van der Waals surface area (Å²) in [6.07, 6.45) is 3.26. The Kier molecular flexibility index (Phi) is 6.89. The van der Waals surface area contributed by atoms with Gasteiger partial charge in [0.25, 0.3) is 0 Å². The highest BCUT2D eigenvalue weighted by atomic mass is 35.5. The molecular weight excluding hydrogens is 214 g/mol. The van der Waals surface area contributed by atoms with E-state index >= 15 is 0 Å². The zero-order valence-corrected chi connectivity index (χ0v) is 10.3. The van der Waals surface area contributed by atoms with Crippen molar-refractivity contribution in [3.05, 3.63) is 0 Å². The molecule has 4 nitrogen and oxygen atoms in total. The minimum atomic E-state index is -0.379. The van der Waals surface area contributed by atoms with Crippen LogP contribution in [0.2, 0.25) is 0 Å². The first-order chi connectivity index (χ1) is 6.63. The van der Waals surface area contributed by atoms with Crippen molar-refractivity contribution < 1.29 is 4.79 Å². The minimum Gasteiger partial charge on any atom is -0.341 e. The van der Waals surface area contributed by atoms with Crippen LogP contribution in [0.3, 0.4) is 0 Å². The number of likely N-dealkylation sites (N-methyl/N-ethyl adjacent to an activating group) is 1. The van der Waals surface area contributed by atoms with Crippen molar-refractivity contribution >= 4 is 18.3 Å². The van der Waals surface area contributed by atoms with Crippen molar-refractivity contribution in [2.24, 2.45) is 5.73 Å². The van der Waals surface area contributed by atoms with Gasteiger partial charge in [0, 0.05) is 13.1 Å². The molecule has 90 valence electrons. The molecule has 1 heterocycles. The van der Waals surface area contributed by atoms with Crippen LogP contribution in [0.1, 0.15) is 26.2 Å². The first-order valence-corrected chi connectivity index (χ1v) is 5.36. The summed E-state index contributed by atoms with van der Waals surface area (Å²) in [4.78, 5) is 13.5. The van der Waals surface area contributed by atoms with Crippen LogP contribution in [0, 0.1) is 0 Å². The van der Waals surface area contributed by atoms with Gasteiger partial charge in [0.05, 0.1) is 6.04 Å². The van der Waals surface area contributed by atoms with Crippen molar-refractivity contribution in [2.75, 3.05) is 20.1 Å². The number of nitrogens with zero attached hydrogens (tertiary/aromatic N) is 1. The van der Waals surface area contributed by atoms with Crippen LogP contribution in [-0.2, 0) is 4.79 Å². The molecule has 1 unspecified atom stereocenters. The SMILES string of the molecule is C[C@H](N)C(=O)N(C)C1CCCNCC1.Cl. The van der Waals surface area contributed by atoms with Gasteiger partial charge >= 0.3 is 0 Å². The standard InChI is InChI=1S/C10H21N3O.ClH/c1-8(11)10(14)13(2)9-4-3-6-12-7-5-9;/h8-9,12H,3-7,11H2,1-2H3;1H/t8-,9?;/m0./s1. The van der Waals surface area contributed by atoms with Crippen LogP contribution in [0.25, 0.3) is 0 Å². The summed E-state index contributed by atoms with van der Waals surface area (Å²) in [5.41, 5.74) is 5.58. The Morgan fingerprint density at radius 1 is 1.47 bits per heavy atom. The number of carbonyl (C=O) groups is 1. The van der Waals surface area contributed by atoms with E-state index in [2.05, 4.69) is 5.32 Å². The van der Waals surface area contributed by atoms with Gasteiger partial charge in [-0.1, -0.05) is 0 Å². The highest BCUT2D eigenvalue weighted by Gasteiger charge is 2.22. The molecule has 1 saturated heterocycles. The van der Waals surface area contributed by atoms with Crippen LogP contribution in [-0.4, -0.2) is 43.0 Å². The topological polar surface area (TPSA) is 58.4 Å². The maximum absolute atomic E-state index is 11.6. The largest absolute Gasteiger partial charge is 0.341 e. The van der Waals surface area contributed by atoms with Crippen molar-refractivity contribution in [2.45, 2.75) is 38.3 Å². The van der Waals surface area contributed by atoms with E-state index < -0.39 is 0 Å². The Morgan fingerprint density at radius 2 is 2.13 bits per heavy atom. The van der Waals surface area contributed by atoms with Gasteiger partial charge in [-0.15, -0.1) is 12.4 Å². The molecular formula is C10H22ClN3O. The molecule has 1 fully saturated rings. The molecule has 15 heavy (non-hydrogen) atoms. The fourth-order valence-electron chi connectivity index (χ4n) is 1.89. The number of hydrogen-bond acceptors (Lipinski definition) is 3. The fourth-order valence-corrected chi connectivity index (χ4v) is 1.89. The third-order valence-electron chi connectivity index (χ3n) is 2.83. The maximum Gasteiger partial charge on any atom is 0.239 e. The van der Waals surface area contributed by atoms with Gasteiger partial charge < -0.3 is 16.0 Å². The third kappa shape index (κ3) is 4.36. The first kappa shape index (κ1) is 14.7. The van der Waals surface area contributed by atoms with Gasteiger partial charge in [-0.2, -0.15) is 0 Å². The van der Waals surface area contributed by atoms with Crippen molar-refractivity contribution in [1.29, 1.82) is 0 Å². The molecule has 5 heteroatoms. The number of amides is 1. The van der Waals surface area contributed by atoms with Gasteiger partial charge in [0.1, 0.15) is 0 Å². The lowest BCUT2D eigenvalue weighted by Crippen LogP contribution is -2.45. The normalized spacial score (nSPS) is 23.5. The molecule has 0 spiro atoms. The number of nitrogens with two attached hydrogens (primary N) is 1. The Balaban J connectivity index is 0.00000196. The fraction of sp³-hybridized carbons (Fsp3) is 0.900. The Labute approximate surface area is 98.0 Å². The number of halogens is 1. The molecule has 1 aliphatic heterocycles. The molecule has 1 amide bonds. The summed E-state index contributed by atoms with van der Waals surface area (Å²) in [6.45, 7) is 3.81. The summed E-state index contributed by atoms with van der Waals surface area (Å²) >= 11 is 0. The smallest absolute Gasteiger partial charge is 0.239 e. The number of carbonyl (C=O) groups excluding carboxylic acids is 1. The Bertz CT molecular complexity index is 191. The summed E-state index contributed by atoms with van der Waals surface area (Å²) in [6, 6.07) is -0.0142. The lowest BCUT2D eigenvalue weighted by molar-refractivity contribution is -0.133. The maximum atomic E-state index is 11.6. The van der Waals surface area contributed by atoms with E-state index in [-0.39, 0.29) is 24.4 Å². The molecule has 0 radical (unpaired) electrons. The second-order valence-corrected chi connectivity index (χ2v) is 4.07. The monoisotopic (exact) mass is 235 g/mol. The van der Waals surface area contributed by atoms with E-state index in [1.807, 2.05) is 11.9 Å². The van der Waals surface area contributed by atoms with E-state index in [1.165, 1.54) is 0 Å². The summed E-state index contributed by atoms with van der Waals surface area (Å²) in [5.74, 6) is 0.0527. The molecule has 2 atom stereocenters. The van der Waals surface area contributed by atoms with Crippen LogP contribution < -0.4 is 11.1 Å². The molecule has 1 rings (SSSR count). The highest BCUT2D eigenvalue weighted by Crippen LogP contribution is 2.12. The zero-order valence-electron chi connectivity index (χ0n) is 9.53. The summed E-state index contributed by atoms with van der Waals surface area (Å²) in [5, 5.41) is 3.33. The summed E-state index contributed by atoms with van der Waals surface area (Å²) in [7, 11) is 1.86. The predicted octanol–water partition coefficient (Wildman–Crippen LogP) is 0.356. The number of nitrogens with one attached hydrogen (secondary N) is 1. The van der Waals surface area contributed by atoms with E-state index in [9.17, 15) is 4.79 Å². The molecule has 3 N–H and O–H groups in total. The lowest BCUT2D eigenvalue weighted by Gasteiger charge is -2.28. The molecule has 0 aromatic carbocycles. The second kappa shape index (κ2) is 7.04. The van der Waals surface area contributed by atoms with Crippen LogP contribution in [0.5, 0.6) is 0 Å². The molecule has 0 bridgehead atoms. The molecule has 0 saturated carbocycles. The van der Waals surface area contributed by atoms with Gasteiger partial charge in [-0.3, -0.25) is 4.79 Å². The van der Waals surface area contributed by atoms with Gasteiger partial charge in [-0.05, 0) is 39.3 Å². The second-order valence-electron chi connectivity index (χ2n) is 4.07. The predicted molar refractivity (Wildman–Crippen MR) is 64.2 cm³/mol. The number of hydrogen-bond donors (Lipinski definition) is 2. The van der Waals surface area contributed by atoms with E-state index in [0.717, 1.165) is 32.4 Å². The minimum absolute atomic E-state index is 0. The van der Waals surface area contributed by atoms with Gasteiger partial charge in [0.15, 0.2) is 0 Å². The van der Waals surface area contributed by atoms with Crippen molar-refractivity contribution in [3.8, 4) is 0 Å². The molecule has 0 aromatic rings. The average Bonchev–Trinajstić information content (AvgIpc) is 2.43. The van der Waals surface area contributed by atoms with E-state index in [0.29, 0.717) is 6.04 Å². The van der Waals surface area contributed by atoms with Crippen LogP contribution >= 0.6 is 12.4 Å². The Morgan fingerprint density at radius 3 is 2.73 bits per heavy atom. The van der Waals surface area contributed by atoms with E-state index in [1.54, 1.807) is 6.92 Å². The lowest BCUT2D eigenvalue weighted by atomic mass is 10.1. The molecule has 0 aromatic heterocycles. The van der Waals surface area contributed by atoms with Gasteiger partial charge in [0.2, 0.25) is 5.91 Å². The third-order valence-corrected chi connectivity index (χ3v) is 2.83. The van der Waals surface area contributed by atoms with Crippen molar-refractivity contribution in [1.82, 2.24) is 10.2 Å². The molecule has 0 aliphatic carbocycles. The quantitative estimate of drug-likeness (QED) is 0.727. The molecule has 1 aliphatic rings. The number of rotatable bonds is 2. The first-order valence-electron chi connectivity index (χ1n) is 5.36. The Hall–Kier alpha value is -0.320. The summed E-state index contributed by atoms with van der Waals surface area (Å²) < 4.78 is 0. The average molecular weight is 236 g/mol. The highest BCUT2D eigenvalue weighted by molar-refractivity contribution is 5.85. The van der Waals surface area contributed by atoms with Gasteiger partial charge in [-0.25, -0.2) is 0 Å². The van der Waals surface area contributed by atoms with E-state index in [4.69, 9.17) is 5.73 Å². The van der Waals surface area contributed by atoms with Crippen LogP contribution in [0.4, 0.5) is 0 Å². The zero-order chi connectivity index (χ0) is 10.6. The van der Waals surface area contributed by atoms with Crippen LogP contribution in [0.15, 0.2) is 0 Å².